The first-order chi connectivity index (χ1) is 14.2. The van der Waals surface area contributed by atoms with Gasteiger partial charge in [0.2, 0.25) is 11.8 Å². The van der Waals surface area contributed by atoms with Gasteiger partial charge in [-0.1, -0.05) is 17.7 Å². The van der Waals surface area contributed by atoms with Crippen molar-refractivity contribution in [2.75, 3.05) is 18.5 Å². The molecule has 2 amide bonds. The van der Waals surface area contributed by atoms with Gasteiger partial charge in [0, 0.05) is 18.2 Å². The molecular formula is C21H18ClF3N2O3. The Morgan fingerprint density at radius 3 is 2.77 bits per heavy atom. The summed E-state index contributed by atoms with van der Waals surface area (Å²) < 4.78 is 44.2. The van der Waals surface area contributed by atoms with E-state index in [0.717, 1.165) is 29.5 Å². The summed E-state index contributed by atoms with van der Waals surface area (Å²) in [5, 5.41) is 4.98. The number of halogens is 4. The quantitative estimate of drug-likeness (QED) is 0.517. The van der Waals surface area contributed by atoms with Gasteiger partial charge in [0.1, 0.15) is 12.4 Å². The van der Waals surface area contributed by atoms with Crippen molar-refractivity contribution in [3.05, 3.63) is 64.2 Å². The Hall–Kier alpha value is -3.00. The number of hydrogen-bond donors (Lipinski definition) is 2. The number of nitrogens with one attached hydrogen (secondary N) is 2. The van der Waals surface area contributed by atoms with Gasteiger partial charge in [-0.15, -0.1) is 0 Å². The van der Waals surface area contributed by atoms with Crippen LogP contribution in [0.25, 0.3) is 6.08 Å². The smallest absolute Gasteiger partial charge is 0.417 e. The Balaban J connectivity index is 1.47. The van der Waals surface area contributed by atoms with Crippen molar-refractivity contribution in [2.45, 2.75) is 19.0 Å². The molecule has 0 fully saturated rings. The molecular weight excluding hydrogens is 421 g/mol. The summed E-state index contributed by atoms with van der Waals surface area (Å²) in [6, 6.07) is 8.75. The monoisotopic (exact) mass is 438 g/mol. The fourth-order valence-corrected chi connectivity index (χ4v) is 3.11. The maximum Gasteiger partial charge on any atom is 0.417 e. The molecule has 0 bridgehead atoms. The zero-order chi connectivity index (χ0) is 21.7. The Bertz CT molecular complexity index is 990. The molecule has 0 atom stereocenters. The molecule has 0 spiro atoms. The maximum atomic E-state index is 12.9. The van der Waals surface area contributed by atoms with E-state index < -0.39 is 22.7 Å². The van der Waals surface area contributed by atoms with E-state index in [0.29, 0.717) is 18.6 Å². The molecule has 2 aromatic rings. The molecule has 158 valence electrons. The van der Waals surface area contributed by atoms with E-state index in [1.165, 1.54) is 12.1 Å². The molecule has 3 rings (SSSR count). The van der Waals surface area contributed by atoms with Crippen LogP contribution in [0, 0.1) is 0 Å². The standard InChI is InChI=1S/C21H18ClF3N2O3/c22-17-5-1-13(11-16(17)21(23,24)25)2-7-19(28)26-9-10-30-15-4-6-18-14(12-15)3-8-20(29)27-18/h1-2,4-7,11-12H,3,8-10H2,(H,26,28)(H,27,29)/b7-2+. The molecule has 5 nitrogen and oxygen atoms in total. The summed E-state index contributed by atoms with van der Waals surface area (Å²) in [4.78, 5) is 23.2. The van der Waals surface area contributed by atoms with Gasteiger partial charge in [-0.05, 0) is 54.0 Å². The predicted molar refractivity (Wildman–Crippen MR) is 107 cm³/mol. The van der Waals surface area contributed by atoms with Crippen molar-refractivity contribution >= 4 is 35.2 Å². The van der Waals surface area contributed by atoms with Crippen LogP contribution in [0.4, 0.5) is 18.9 Å². The summed E-state index contributed by atoms with van der Waals surface area (Å²) in [6.07, 6.45) is -1.08. The fourth-order valence-electron chi connectivity index (χ4n) is 2.89. The molecule has 1 aliphatic heterocycles. The summed E-state index contributed by atoms with van der Waals surface area (Å²) in [7, 11) is 0. The second kappa shape index (κ2) is 9.21. The summed E-state index contributed by atoms with van der Waals surface area (Å²) >= 11 is 5.57. The van der Waals surface area contributed by atoms with Crippen LogP contribution in [0.2, 0.25) is 5.02 Å². The number of carbonyl (C=O) groups excluding carboxylic acids is 2. The molecule has 0 aliphatic carbocycles. The Labute approximate surface area is 175 Å². The number of alkyl halides is 3. The highest BCUT2D eigenvalue weighted by Gasteiger charge is 2.33. The number of anilines is 1. The van der Waals surface area contributed by atoms with E-state index in [9.17, 15) is 22.8 Å². The molecule has 30 heavy (non-hydrogen) atoms. The van der Waals surface area contributed by atoms with Gasteiger partial charge < -0.3 is 15.4 Å². The van der Waals surface area contributed by atoms with E-state index >= 15 is 0 Å². The van der Waals surface area contributed by atoms with Crippen molar-refractivity contribution in [3.8, 4) is 5.75 Å². The minimum atomic E-state index is -4.57. The fraction of sp³-hybridized carbons (Fsp3) is 0.238. The average Bonchev–Trinajstić information content (AvgIpc) is 2.69. The molecule has 9 heteroatoms. The second-order valence-corrected chi connectivity index (χ2v) is 6.98. The zero-order valence-electron chi connectivity index (χ0n) is 15.7. The Kier molecular flexibility index (Phi) is 6.66. The van der Waals surface area contributed by atoms with E-state index in [1.54, 1.807) is 12.1 Å². The van der Waals surface area contributed by atoms with Crippen LogP contribution < -0.4 is 15.4 Å². The molecule has 0 aromatic heterocycles. The van der Waals surface area contributed by atoms with E-state index in [-0.39, 0.29) is 24.6 Å². The number of hydrogen-bond acceptors (Lipinski definition) is 3. The molecule has 2 N–H and O–H groups in total. The summed E-state index contributed by atoms with van der Waals surface area (Å²) in [6.45, 7) is 0.426. The Morgan fingerprint density at radius 2 is 2.00 bits per heavy atom. The lowest BCUT2D eigenvalue weighted by Crippen LogP contribution is -2.26. The van der Waals surface area contributed by atoms with Gasteiger partial charge >= 0.3 is 6.18 Å². The third-order valence-electron chi connectivity index (χ3n) is 4.37. The van der Waals surface area contributed by atoms with Gasteiger partial charge in [0.15, 0.2) is 0 Å². The number of aryl methyl sites for hydroxylation is 1. The number of fused-ring (bicyclic) bond motifs is 1. The average molecular weight is 439 g/mol. The molecule has 0 saturated carbocycles. The third-order valence-corrected chi connectivity index (χ3v) is 4.69. The SMILES string of the molecule is O=C(/C=C/c1ccc(Cl)c(C(F)(F)F)c1)NCCOc1ccc2c(c1)CCC(=O)N2. The van der Waals surface area contributed by atoms with Crippen LogP contribution in [0.3, 0.4) is 0 Å². The minimum absolute atomic E-state index is 0.0137. The highest BCUT2D eigenvalue weighted by Crippen LogP contribution is 2.35. The first-order valence-electron chi connectivity index (χ1n) is 9.10. The van der Waals surface area contributed by atoms with Crippen LogP contribution in [-0.4, -0.2) is 25.0 Å². The van der Waals surface area contributed by atoms with E-state index in [1.807, 2.05) is 6.07 Å². The second-order valence-electron chi connectivity index (χ2n) is 6.58. The van der Waals surface area contributed by atoms with Crippen molar-refractivity contribution in [3.63, 3.8) is 0 Å². The lowest BCUT2D eigenvalue weighted by atomic mass is 10.0. The largest absolute Gasteiger partial charge is 0.492 e. The lowest BCUT2D eigenvalue weighted by molar-refractivity contribution is -0.137. The molecule has 0 saturated heterocycles. The van der Waals surface area contributed by atoms with Crippen molar-refractivity contribution in [1.29, 1.82) is 0 Å². The van der Waals surface area contributed by atoms with Crippen LogP contribution in [0.15, 0.2) is 42.5 Å². The van der Waals surface area contributed by atoms with Crippen LogP contribution in [-0.2, 0) is 22.2 Å². The predicted octanol–water partition coefficient (Wildman–Crippen LogP) is 4.45. The third kappa shape index (κ3) is 5.76. The topological polar surface area (TPSA) is 67.4 Å². The first-order valence-corrected chi connectivity index (χ1v) is 9.48. The molecule has 0 radical (unpaired) electrons. The van der Waals surface area contributed by atoms with Crippen LogP contribution in [0.1, 0.15) is 23.1 Å². The highest BCUT2D eigenvalue weighted by atomic mass is 35.5. The van der Waals surface area contributed by atoms with Crippen LogP contribution >= 0.6 is 11.6 Å². The minimum Gasteiger partial charge on any atom is -0.492 e. The number of benzene rings is 2. The first kappa shape index (κ1) is 21.7. The van der Waals surface area contributed by atoms with Crippen molar-refractivity contribution < 1.29 is 27.5 Å². The molecule has 1 heterocycles. The number of ether oxygens (including phenoxy) is 1. The lowest BCUT2D eigenvalue weighted by Gasteiger charge is -2.17. The van der Waals surface area contributed by atoms with Gasteiger partial charge in [-0.3, -0.25) is 9.59 Å². The van der Waals surface area contributed by atoms with Crippen molar-refractivity contribution in [1.82, 2.24) is 5.32 Å². The van der Waals surface area contributed by atoms with E-state index in [4.69, 9.17) is 16.3 Å². The summed E-state index contributed by atoms with van der Waals surface area (Å²) in [5.74, 6) is 0.144. The number of rotatable bonds is 6. The maximum absolute atomic E-state index is 12.9. The van der Waals surface area contributed by atoms with Crippen molar-refractivity contribution in [2.24, 2.45) is 0 Å². The van der Waals surface area contributed by atoms with Gasteiger partial charge in [0.05, 0.1) is 17.1 Å². The zero-order valence-corrected chi connectivity index (χ0v) is 16.4. The number of amides is 2. The number of carbonyl (C=O) groups is 2. The van der Waals surface area contributed by atoms with Gasteiger partial charge in [-0.2, -0.15) is 13.2 Å². The molecule has 0 unspecified atom stereocenters. The molecule has 1 aliphatic rings. The normalized spacial score (nSPS) is 13.7. The Morgan fingerprint density at radius 1 is 1.20 bits per heavy atom. The highest BCUT2D eigenvalue weighted by molar-refractivity contribution is 6.31. The van der Waals surface area contributed by atoms with Gasteiger partial charge in [-0.25, -0.2) is 0 Å². The van der Waals surface area contributed by atoms with Gasteiger partial charge in [0.25, 0.3) is 0 Å². The van der Waals surface area contributed by atoms with E-state index in [2.05, 4.69) is 10.6 Å². The van der Waals surface area contributed by atoms with Crippen LogP contribution in [0.5, 0.6) is 5.75 Å². The molecule has 2 aromatic carbocycles. The summed E-state index contributed by atoms with van der Waals surface area (Å²) in [5.41, 5.74) is 1.01.